The first-order chi connectivity index (χ1) is 5.75. The van der Waals surface area contributed by atoms with Crippen LogP contribution in [0.15, 0.2) is 24.5 Å². The summed E-state index contributed by atoms with van der Waals surface area (Å²) in [6, 6.07) is 4.25. The number of pyridine rings is 1. The molecule has 0 amide bonds. The number of rotatable bonds is 3. The van der Waals surface area contributed by atoms with Gasteiger partial charge in [-0.15, -0.1) is 0 Å². The SMILES string of the molecule is CN(C)[C@H](CN)c1cccnc1. The van der Waals surface area contributed by atoms with Crippen molar-refractivity contribution < 1.29 is 0 Å². The van der Waals surface area contributed by atoms with Crippen LogP contribution in [0.3, 0.4) is 0 Å². The molecule has 3 heteroatoms. The average Bonchev–Trinajstić information content (AvgIpc) is 2.07. The number of hydrogen-bond donors (Lipinski definition) is 1. The molecule has 0 radical (unpaired) electrons. The van der Waals surface area contributed by atoms with Crippen molar-refractivity contribution in [2.45, 2.75) is 6.04 Å². The highest BCUT2D eigenvalue weighted by Gasteiger charge is 2.10. The van der Waals surface area contributed by atoms with Gasteiger partial charge in [0.2, 0.25) is 0 Å². The van der Waals surface area contributed by atoms with Crippen LogP contribution in [0, 0.1) is 0 Å². The minimum atomic E-state index is 0.277. The van der Waals surface area contributed by atoms with Crippen LogP contribution in [-0.4, -0.2) is 30.5 Å². The Morgan fingerprint density at radius 1 is 1.58 bits per heavy atom. The smallest absolute Gasteiger partial charge is 0.0479 e. The van der Waals surface area contributed by atoms with Crippen LogP contribution in [0.1, 0.15) is 11.6 Å². The van der Waals surface area contributed by atoms with Crippen molar-refractivity contribution in [3.63, 3.8) is 0 Å². The Morgan fingerprint density at radius 3 is 2.75 bits per heavy atom. The minimum absolute atomic E-state index is 0.277. The van der Waals surface area contributed by atoms with Crippen LogP contribution >= 0.6 is 0 Å². The number of nitrogens with two attached hydrogens (primary N) is 1. The summed E-state index contributed by atoms with van der Waals surface area (Å²) >= 11 is 0. The van der Waals surface area contributed by atoms with Crippen molar-refractivity contribution in [3.8, 4) is 0 Å². The van der Waals surface area contributed by atoms with Crippen molar-refractivity contribution in [1.82, 2.24) is 9.88 Å². The molecule has 0 fully saturated rings. The van der Waals surface area contributed by atoms with Gasteiger partial charge in [0.1, 0.15) is 0 Å². The van der Waals surface area contributed by atoms with Gasteiger partial charge in [-0.05, 0) is 25.7 Å². The van der Waals surface area contributed by atoms with E-state index in [1.165, 1.54) is 5.56 Å². The number of likely N-dealkylation sites (N-methyl/N-ethyl adjacent to an activating group) is 1. The van der Waals surface area contributed by atoms with Gasteiger partial charge in [-0.2, -0.15) is 0 Å². The maximum absolute atomic E-state index is 5.64. The molecule has 1 aromatic rings. The van der Waals surface area contributed by atoms with Gasteiger partial charge in [0, 0.05) is 25.0 Å². The van der Waals surface area contributed by atoms with Crippen molar-refractivity contribution in [2.75, 3.05) is 20.6 Å². The Hall–Kier alpha value is -0.930. The first-order valence-electron chi connectivity index (χ1n) is 4.02. The molecule has 1 atom stereocenters. The van der Waals surface area contributed by atoms with Gasteiger partial charge < -0.3 is 10.6 Å². The summed E-state index contributed by atoms with van der Waals surface area (Å²) in [6.45, 7) is 0.624. The van der Waals surface area contributed by atoms with Gasteiger partial charge in [0.15, 0.2) is 0 Å². The zero-order chi connectivity index (χ0) is 8.97. The van der Waals surface area contributed by atoms with Gasteiger partial charge in [-0.3, -0.25) is 4.98 Å². The lowest BCUT2D eigenvalue weighted by molar-refractivity contribution is 0.305. The second-order valence-electron chi connectivity index (χ2n) is 3.00. The first-order valence-corrected chi connectivity index (χ1v) is 4.02. The quantitative estimate of drug-likeness (QED) is 0.714. The normalized spacial score (nSPS) is 13.3. The molecule has 0 aliphatic rings. The summed E-state index contributed by atoms with van der Waals surface area (Å²) in [5.41, 5.74) is 6.81. The molecule has 66 valence electrons. The Kier molecular flexibility index (Phi) is 3.19. The molecule has 0 saturated carbocycles. The molecule has 1 aromatic heterocycles. The highest BCUT2D eigenvalue weighted by molar-refractivity contribution is 5.13. The molecule has 0 aromatic carbocycles. The van der Waals surface area contributed by atoms with E-state index in [-0.39, 0.29) is 6.04 Å². The largest absolute Gasteiger partial charge is 0.329 e. The summed E-state index contributed by atoms with van der Waals surface area (Å²) in [6.07, 6.45) is 3.63. The zero-order valence-electron chi connectivity index (χ0n) is 7.57. The van der Waals surface area contributed by atoms with E-state index in [0.29, 0.717) is 6.54 Å². The second kappa shape index (κ2) is 4.18. The molecule has 0 bridgehead atoms. The Balaban J connectivity index is 2.80. The maximum atomic E-state index is 5.64. The van der Waals surface area contributed by atoms with Crippen molar-refractivity contribution in [2.24, 2.45) is 5.73 Å². The lowest BCUT2D eigenvalue weighted by Crippen LogP contribution is -2.27. The molecule has 0 aliphatic heterocycles. The van der Waals surface area contributed by atoms with E-state index in [1.54, 1.807) is 6.20 Å². The summed E-state index contributed by atoms with van der Waals surface area (Å²) in [4.78, 5) is 6.15. The lowest BCUT2D eigenvalue weighted by Gasteiger charge is -2.22. The molecule has 0 spiro atoms. The first kappa shape index (κ1) is 9.16. The fraction of sp³-hybridized carbons (Fsp3) is 0.444. The number of hydrogen-bond acceptors (Lipinski definition) is 3. The van der Waals surface area contributed by atoms with Crippen LogP contribution in [0.4, 0.5) is 0 Å². The highest BCUT2D eigenvalue weighted by atomic mass is 15.1. The van der Waals surface area contributed by atoms with Gasteiger partial charge in [0.25, 0.3) is 0 Å². The third kappa shape index (κ3) is 2.03. The average molecular weight is 165 g/mol. The summed E-state index contributed by atoms with van der Waals surface area (Å²) in [5, 5.41) is 0. The lowest BCUT2D eigenvalue weighted by atomic mass is 10.1. The Labute approximate surface area is 73.2 Å². The standard InChI is InChI=1S/C9H15N3/c1-12(2)9(6-10)8-4-3-5-11-7-8/h3-5,7,9H,6,10H2,1-2H3/t9-/m1/s1. The fourth-order valence-electron chi connectivity index (χ4n) is 1.22. The summed E-state index contributed by atoms with van der Waals surface area (Å²) in [5.74, 6) is 0. The maximum Gasteiger partial charge on any atom is 0.0479 e. The summed E-state index contributed by atoms with van der Waals surface area (Å²) < 4.78 is 0. The zero-order valence-corrected chi connectivity index (χ0v) is 7.57. The van der Waals surface area contributed by atoms with E-state index in [0.717, 1.165) is 0 Å². The van der Waals surface area contributed by atoms with Gasteiger partial charge >= 0.3 is 0 Å². The molecular formula is C9H15N3. The third-order valence-electron chi connectivity index (χ3n) is 1.92. The highest BCUT2D eigenvalue weighted by Crippen LogP contribution is 2.14. The molecule has 0 aliphatic carbocycles. The predicted molar refractivity (Wildman–Crippen MR) is 49.7 cm³/mol. The molecular weight excluding hydrogens is 150 g/mol. The minimum Gasteiger partial charge on any atom is -0.329 e. The molecule has 2 N–H and O–H groups in total. The predicted octanol–water partition coefficient (Wildman–Crippen LogP) is 0.643. The Bertz CT molecular complexity index is 220. The molecule has 12 heavy (non-hydrogen) atoms. The second-order valence-corrected chi connectivity index (χ2v) is 3.00. The fourth-order valence-corrected chi connectivity index (χ4v) is 1.22. The number of nitrogens with zero attached hydrogens (tertiary/aromatic N) is 2. The van der Waals surface area contributed by atoms with Crippen molar-refractivity contribution in [3.05, 3.63) is 30.1 Å². The Morgan fingerprint density at radius 2 is 2.33 bits per heavy atom. The topological polar surface area (TPSA) is 42.1 Å². The van der Waals surface area contributed by atoms with Gasteiger partial charge in [-0.1, -0.05) is 6.07 Å². The van der Waals surface area contributed by atoms with E-state index in [4.69, 9.17) is 5.73 Å². The monoisotopic (exact) mass is 165 g/mol. The summed E-state index contributed by atoms with van der Waals surface area (Å²) in [7, 11) is 4.04. The molecule has 1 rings (SSSR count). The molecule has 3 nitrogen and oxygen atoms in total. The van der Waals surface area contributed by atoms with Crippen molar-refractivity contribution >= 4 is 0 Å². The number of aromatic nitrogens is 1. The molecule has 0 unspecified atom stereocenters. The molecule has 0 saturated heterocycles. The molecule has 1 heterocycles. The van der Waals surface area contributed by atoms with Crippen molar-refractivity contribution in [1.29, 1.82) is 0 Å². The van der Waals surface area contributed by atoms with E-state index in [9.17, 15) is 0 Å². The third-order valence-corrected chi connectivity index (χ3v) is 1.92. The van der Waals surface area contributed by atoms with Crippen LogP contribution in [0.25, 0.3) is 0 Å². The van der Waals surface area contributed by atoms with E-state index >= 15 is 0 Å². The van der Waals surface area contributed by atoms with Crippen LogP contribution < -0.4 is 5.73 Å². The van der Waals surface area contributed by atoms with E-state index < -0.39 is 0 Å². The van der Waals surface area contributed by atoms with Crippen LogP contribution in [0.5, 0.6) is 0 Å². The van der Waals surface area contributed by atoms with Crippen LogP contribution in [0.2, 0.25) is 0 Å². The van der Waals surface area contributed by atoms with Gasteiger partial charge in [0.05, 0.1) is 0 Å². The van der Waals surface area contributed by atoms with Crippen LogP contribution in [-0.2, 0) is 0 Å². The van der Waals surface area contributed by atoms with E-state index in [2.05, 4.69) is 9.88 Å². The van der Waals surface area contributed by atoms with E-state index in [1.807, 2.05) is 32.4 Å². The van der Waals surface area contributed by atoms with Gasteiger partial charge in [-0.25, -0.2) is 0 Å².